The Morgan fingerprint density at radius 3 is 2.53 bits per heavy atom. The Labute approximate surface area is 179 Å². The number of ether oxygens (including phenoxy) is 1. The van der Waals surface area contributed by atoms with Crippen LogP contribution in [0.3, 0.4) is 0 Å². The Morgan fingerprint density at radius 1 is 1.07 bits per heavy atom. The number of nitrogens with one attached hydrogen (secondary N) is 1. The second kappa shape index (κ2) is 8.43. The van der Waals surface area contributed by atoms with Crippen LogP contribution >= 0.6 is 0 Å². The standard InChI is InChI=1S/C26H32N2O2/c1-2-18-6-8-19(9-7-18)21-10-11-23-22(16-21)4-3-5-24(23)27-26(29)30-25-17-28-14-12-20(25)13-15-28/h6-11,16,20,24-25H,2-5,12-15,17H2,1H3,(H,27,29)/t24?,25-/m1/s1. The SMILES string of the molecule is CCc1ccc(-c2ccc3c(c2)CCCC3NC(=O)O[C@@H]2CN3CCC2CC3)cc1. The summed E-state index contributed by atoms with van der Waals surface area (Å²) in [5.74, 6) is 0.543. The lowest BCUT2D eigenvalue weighted by Crippen LogP contribution is -2.52. The minimum atomic E-state index is -0.245. The highest BCUT2D eigenvalue weighted by molar-refractivity contribution is 5.69. The maximum atomic E-state index is 12.7. The normalized spacial score (nSPS) is 27.4. The number of alkyl carbamates (subject to hydrolysis) is 1. The number of carbonyl (C=O) groups is 1. The lowest BCUT2D eigenvalue weighted by atomic mass is 9.85. The molecule has 1 N–H and O–H groups in total. The summed E-state index contributed by atoms with van der Waals surface area (Å²) in [5, 5.41) is 3.18. The molecule has 158 valence electrons. The van der Waals surface area contributed by atoms with E-state index in [0.717, 1.165) is 58.2 Å². The van der Waals surface area contributed by atoms with E-state index in [1.54, 1.807) is 0 Å². The highest BCUT2D eigenvalue weighted by Crippen LogP contribution is 2.34. The molecule has 2 bridgehead atoms. The first-order chi connectivity index (χ1) is 14.7. The van der Waals surface area contributed by atoms with Crippen LogP contribution in [0.4, 0.5) is 4.79 Å². The summed E-state index contributed by atoms with van der Waals surface area (Å²) >= 11 is 0. The number of nitrogens with zero attached hydrogens (tertiary/aromatic N) is 1. The number of rotatable bonds is 4. The summed E-state index contributed by atoms with van der Waals surface area (Å²) in [6.07, 6.45) is 6.34. The van der Waals surface area contributed by atoms with E-state index >= 15 is 0 Å². The third-order valence-electron chi connectivity index (χ3n) is 7.30. The van der Waals surface area contributed by atoms with Gasteiger partial charge in [0.15, 0.2) is 0 Å². The van der Waals surface area contributed by atoms with Gasteiger partial charge in [-0.1, -0.05) is 49.4 Å². The smallest absolute Gasteiger partial charge is 0.407 e. The van der Waals surface area contributed by atoms with Crippen molar-refractivity contribution in [2.45, 2.75) is 57.6 Å². The number of carbonyl (C=O) groups excluding carboxylic acids is 1. The molecule has 4 nitrogen and oxygen atoms in total. The number of hydrogen-bond acceptors (Lipinski definition) is 3. The number of piperidine rings is 3. The van der Waals surface area contributed by atoms with Gasteiger partial charge in [-0.2, -0.15) is 0 Å². The Bertz CT molecular complexity index is 900. The molecule has 30 heavy (non-hydrogen) atoms. The van der Waals surface area contributed by atoms with Crippen molar-refractivity contribution in [3.8, 4) is 11.1 Å². The molecule has 4 heteroatoms. The van der Waals surface area contributed by atoms with Crippen molar-refractivity contribution < 1.29 is 9.53 Å². The molecule has 0 radical (unpaired) electrons. The first kappa shape index (κ1) is 19.6. The molecular weight excluding hydrogens is 372 g/mol. The molecule has 0 spiro atoms. The fourth-order valence-corrected chi connectivity index (χ4v) is 5.43. The van der Waals surface area contributed by atoms with Gasteiger partial charge in [0.05, 0.1) is 6.04 Å². The maximum absolute atomic E-state index is 12.7. The third-order valence-corrected chi connectivity index (χ3v) is 7.30. The monoisotopic (exact) mass is 404 g/mol. The molecule has 0 saturated carbocycles. The van der Waals surface area contributed by atoms with Crippen LogP contribution in [-0.2, 0) is 17.6 Å². The van der Waals surface area contributed by atoms with Crippen molar-refractivity contribution in [1.82, 2.24) is 10.2 Å². The van der Waals surface area contributed by atoms with Crippen molar-refractivity contribution in [3.63, 3.8) is 0 Å². The van der Waals surface area contributed by atoms with Gasteiger partial charge in [-0.15, -0.1) is 0 Å². The zero-order valence-corrected chi connectivity index (χ0v) is 17.9. The van der Waals surface area contributed by atoms with Gasteiger partial charge < -0.3 is 10.1 Å². The molecule has 0 aromatic heterocycles. The molecule has 1 unspecified atom stereocenters. The van der Waals surface area contributed by atoms with E-state index in [1.165, 1.54) is 27.8 Å². The van der Waals surface area contributed by atoms with Crippen LogP contribution in [0.25, 0.3) is 11.1 Å². The lowest BCUT2D eigenvalue weighted by Gasteiger charge is -2.44. The van der Waals surface area contributed by atoms with Crippen LogP contribution in [0.15, 0.2) is 42.5 Å². The van der Waals surface area contributed by atoms with Crippen LogP contribution in [0.2, 0.25) is 0 Å². The van der Waals surface area contributed by atoms with Gasteiger partial charge in [0.1, 0.15) is 6.10 Å². The van der Waals surface area contributed by atoms with E-state index in [-0.39, 0.29) is 18.2 Å². The largest absolute Gasteiger partial charge is 0.445 e. The zero-order chi connectivity index (χ0) is 20.5. The third kappa shape index (κ3) is 3.98. The average Bonchev–Trinajstić information content (AvgIpc) is 2.80. The molecule has 4 aliphatic rings. The summed E-state index contributed by atoms with van der Waals surface area (Å²) in [6, 6.07) is 15.6. The summed E-state index contributed by atoms with van der Waals surface area (Å²) in [5.41, 5.74) is 6.48. The quantitative estimate of drug-likeness (QED) is 0.770. The topological polar surface area (TPSA) is 41.6 Å². The van der Waals surface area contributed by atoms with Crippen LogP contribution < -0.4 is 5.32 Å². The molecule has 2 aromatic carbocycles. The summed E-state index contributed by atoms with van der Waals surface area (Å²) < 4.78 is 5.87. The number of fused-ring (bicyclic) bond motifs is 4. The molecule has 3 fully saturated rings. The number of amides is 1. The Kier molecular flexibility index (Phi) is 5.51. The van der Waals surface area contributed by atoms with E-state index in [9.17, 15) is 4.79 Å². The molecule has 2 atom stereocenters. The summed E-state index contributed by atoms with van der Waals surface area (Å²) in [7, 11) is 0. The second-order valence-electron chi connectivity index (χ2n) is 9.14. The number of hydrogen-bond donors (Lipinski definition) is 1. The van der Waals surface area contributed by atoms with Crippen molar-refractivity contribution in [3.05, 3.63) is 59.2 Å². The van der Waals surface area contributed by atoms with Crippen LogP contribution in [0.1, 0.15) is 55.3 Å². The zero-order valence-electron chi connectivity index (χ0n) is 17.9. The maximum Gasteiger partial charge on any atom is 0.407 e. The van der Waals surface area contributed by atoms with Gasteiger partial charge in [-0.25, -0.2) is 4.79 Å². The highest BCUT2D eigenvalue weighted by atomic mass is 16.6. The van der Waals surface area contributed by atoms with Gasteiger partial charge in [0.2, 0.25) is 0 Å². The minimum Gasteiger partial charge on any atom is -0.445 e. The van der Waals surface area contributed by atoms with Crippen LogP contribution in [0.5, 0.6) is 0 Å². The predicted molar refractivity (Wildman–Crippen MR) is 120 cm³/mol. The second-order valence-corrected chi connectivity index (χ2v) is 9.14. The summed E-state index contributed by atoms with van der Waals surface area (Å²) in [4.78, 5) is 15.1. The van der Waals surface area contributed by atoms with Crippen molar-refractivity contribution in [1.29, 1.82) is 0 Å². The molecule has 3 aliphatic heterocycles. The van der Waals surface area contributed by atoms with E-state index in [4.69, 9.17) is 4.74 Å². The summed E-state index contributed by atoms with van der Waals surface area (Å²) in [6.45, 7) is 5.40. The lowest BCUT2D eigenvalue weighted by molar-refractivity contribution is -0.0340. The molecule has 1 amide bonds. The number of aryl methyl sites for hydroxylation is 2. The van der Waals surface area contributed by atoms with Gasteiger partial charge in [0, 0.05) is 6.54 Å². The van der Waals surface area contributed by atoms with Crippen molar-refractivity contribution >= 4 is 6.09 Å². The molecular formula is C26H32N2O2. The highest BCUT2D eigenvalue weighted by Gasteiger charge is 2.37. The fraction of sp³-hybridized carbons (Fsp3) is 0.500. The van der Waals surface area contributed by atoms with E-state index in [1.807, 2.05) is 0 Å². The molecule has 3 heterocycles. The fourth-order valence-electron chi connectivity index (χ4n) is 5.43. The van der Waals surface area contributed by atoms with Crippen molar-refractivity contribution in [2.24, 2.45) is 5.92 Å². The van der Waals surface area contributed by atoms with Gasteiger partial charge >= 0.3 is 6.09 Å². The molecule has 6 rings (SSSR count). The first-order valence-corrected chi connectivity index (χ1v) is 11.6. The molecule has 2 aromatic rings. The number of benzene rings is 2. The minimum absolute atomic E-state index is 0.0545. The molecule has 3 saturated heterocycles. The van der Waals surface area contributed by atoms with Crippen LogP contribution in [-0.4, -0.2) is 36.7 Å². The Balaban J connectivity index is 1.27. The molecule has 1 aliphatic carbocycles. The van der Waals surface area contributed by atoms with Gasteiger partial charge in [-0.3, -0.25) is 4.90 Å². The Morgan fingerprint density at radius 2 is 1.83 bits per heavy atom. The average molecular weight is 405 g/mol. The van der Waals surface area contributed by atoms with E-state index in [2.05, 4.69) is 59.6 Å². The van der Waals surface area contributed by atoms with E-state index in [0.29, 0.717) is 5.92 Å². The first-order valence-electron chi connectivity index (χ1n) is 11.6. The van der Waals surface area contributed by atoms with Gasteiger partial charge in [-0.05, 0) is 85.3 Å². The van der Waals surface area contributed by atoms with E-state index < -0.39 is 0 Å². The van der Waals surface area contributed by atoms with Crippen LogP contribution in [0, 0.1) is 5.92 Å². The van der Waals surface area contributed by atoms with Gasteiger partial charge in [0.25, 0.3) is 0 Å². The predicted octanol–water partition coefficient (Wildman–Crippen LogP) is 5.11. The Hall–Kier alpha value is -2.33. The van der Waals surface area contributed by atoms with Crippen molar-refractivity contribution in [2.75, 3.05) is 19.6 Å².